The van der Waals surface area contributed by atoms with E-state index in [1.165, 1.54) is 12.2 Å². The highest BCUT2D eigenvalue weighted by Gasteiger charge is 2.39. The maximum absolute atomic E-state index is 12.9. The lowest BCUT2D eigenvalue weighted by molar-refractivity contribution is -0.139. The maximum Gasteiger partial charge on any atom is 0.337 e. The van der Waals surface area contributed by atoms with Crippen molar-refractivity contribution in [2.75, 3.05) is 13.2 Å². The second-order valence-corrected chi connectivity index (χ2v) is 7.56. The van der Waals surface area contributed by atoms with Crippen molar-refractivity contribution < 1.29 is 23.5 Å². The molecule has 0 spiro atoms. The molecule has 0 atom stereocenters. The first-order valence-electron chi connectivity index (χ1n) is 9.97. The van der Waals surface area contributed by atoms with Gasteiger partial charge in [0.15, 0.2) is 0 Å². The molecule has 0 fully saturated rings. The number of dihydropyridines is 1. The Morgan fingerprint density at radius 3 is 2.16 bits per heavy atom. The summed E-state index contributed by atoms with van der Waals surface area (Å²) in [6.07, 6.45) is 2.95. The van der Waals surface area contributed by atoms with Crippen LogP contribution in [0, 0.1) is 0 Å². The predicted octanol–water partition coefficient (Wildman–Crippen LogP) is 5.29. The monoisotopic (exact) mass is 453 g/mol. The van der Waals surface area contributed by atoms with Crippen molar-refractivity contribution >= 4 is 23.5 Å². The van der Waals surface area contributed by atoms with E-state index in [0.717, 1.165) is 5.56 Å². The molecule has 32 heavy (non-hydrogen) atoms. The Morgan fingerprint density at radius 2 is 1.62 bits per heavy atom. The van der Waals surface area contributed by atoms with Gasteiger partial charge in [0.2, 0.25) is 0 Å². The normalized spacial score (nSPS) is 14.1. The first kappa shape index (κ1) is 23.2. The average Bonchev–Trinajstić information content (AvgIpc) is 3.25. The van der Waals surface area contributed by atoms with Gasteiger partial charge in [-0.3, -0.25) is 0 Å². The number of carbonyl (C=O) groups is 2. The summed E-state index contributed by atoms with van der Waals surface area (Å²) in [5.74, 6) is -1.03. The van der Waals surface area contributed by atoms with Crippen molar-refractivity contribution in [1.29, 1.82) is 0 Å². The molecule has 1 aliphatic heterocycles. The molecule has 1 N–H and O–H groups in total. The van der Waals surface area contributed by atoms with Crippen molar-refractivity contribution in [3.63, 3.8) is 0 Å². The highest BCUT2D eigenvalue weighted by Crippen LogP contribution is 2.41. The number of nitrogens with one attached hydrogen (secondary N) is 1. The van der Waals surface area contributed by atoms with E-state index in [4.69, 9.17) is 25.5 Å². The molecule has 1 aliphatic rings. The van der Waals surface area contributed by atoms with Gasteiger partial charge in [0, 0.05) is 22.0 Å². The number of hydrogen-bond donors (Lipinski definition) is 1. The Labute approximate surface area is 191 Å². The van der Waals surface area contributed by atoms with Crippen molar-refractivity contribution in [1.82, 2.24) is 5.32 Å². The quantitative estimate of drug-likeness (QED) is 0.432. The molecule has 0 saturated carbocycles. The van der Waals surface area contributed by atoms with Crippen LogP contribution in [-0.4, -0.2) is 25.2 Å². The third kappa shape index (κ3) is 4.86. The van der Waals surface area contributed by atoms with Gasteiger partial charge in [-0.25, -0.2) is 9.59 Å². The highest BCUT2D eigenvalue weighted by molar-refractivity contribution is 6.30. The molecular weight excluding hydrogens is 430 g/mol. The first-order chi connectivity index (χ1) is 15.4. The van der Waals surface area contributed by atoms with E-state index in [1.54, 1.807) is 38.1 Å². The molecule has 7 heteroatoms. The van der Waals surface area contributed by atoms with Crippen LogP contribution in [0.15, 0.2) is 88.7 Å². The lowest BCUT2D eigenvalue weighted by Crippen LogP contribution is -2.32. The van der Waals surface area contributed by atoms with Crippen LogP contribution in [0.1, 0.15) is 25.5 Å². The van der Waals surface area contributed by atoms with Crippen molar-refractivity contribution in [3.8, 4) is 11.3 Å². The molecule has 1 aromatic carbocycles. The number of halogens is 1. The Balaban J connectivity index is 2.10. The van der Waals surface area contributed by atoms with Crippen LogP contribution in [-0.2, 0) is 19.1 Å². The zero-order valence-corrected chi connectivity index (χ0v) is 18.7. The molecule has 1 aromatic heterocycles. The molecule has 3 rings (SSSR count). The van der Waals surface area contributed by atoms with Gasteiger partial charge in [0.1, 0.15) is 24.7 Å². The number of hydrogen-bond acceptors (Lipinski definition) is 6. The summed E-state index contributed by atoms with van der Waals surface area (Å²) >= 11 is 6.11. The van der Waals surface area contributed by atoms with Gasteiger partial charge in [-0.1, -0.05) is 49.0 Å². The second kappa shape index (κ2) is 10.2. The minimum absolute atomic E-state index is 0.0349. The summed E-state index contributed by atoms with van der Waals surface area (Å²) in [6.45, 7) is 10.7. The summed E-state index contributed by atoms with van der Waals surface area (Å²) in [5, 5.41) is 3.65. The molecule has 0 aliphatic carbocycles. The van der Waals surface area contributed by atoms with Crippen LogP contribution in [0.2, 0.25) is 5.02 Å². The predicted molar refractivity (Wildman–Crippen MR) is 123 cm³/mol. The molecule has 0 saturated heterocycles. The molecule has 0 bridgehead atoms. The van der Waals surface area contributed by atoms with Crippen LogP contribution in [0.5, 0.6) is 0 Å². The van der Waals surface area contributed by atoms with E-state index in [2.05, 4.69) is 18.5 Å². The fourth-order valence-corrected chi connectivity index (χ4v) is 3.74. The van der Waals surface area contributed by atoms with Gasteiger partial charge < -0.3 is 19.2 Å². The maximum atomic E-state index is 12.9. The third-order valence-corrected chi connectivity index (χ3v) is 5.12. The summed E-state index contributed by atoms with van der Waals surface area (Å²) in [5.41, 5.74) is 2.40. The van der Waals surface area contributed by atoms with E-state index < -0.39 is 17.9 Å². The van der Waals surface area contributed by atoms with E-state index in [9.17, 15) is 9.59 Å². The Kier molecular flexibility index (Phi) is 7.38. The number of carbonyl (C=O) groups excluding carboxylic acids is 2. The lowest BCUT2D eigenvalue weighted by Gasteiger charge is -2.29. The van der Waals surface area contributed by atoms with Gasteiger partial charge >= 0.3 is 11.9 Å². The summed E-state index contributed by atoms with van der Waals surface area (Å²) in [6, 6.07) is 10.7. The van der Waals surface area contributed by atoms with Crippen LogP contribution >= 0.6 is 11.6 Å². The van der Waals surface area contributed by atoms with Crippen LogP contribution in [0.3, 0.4) is 0 Å². The second-order valence-electron chi connectivity index (χ2n) is 7.12. The number of rotatable bonds is 8. The van der Waals surface area contributed by atoms with Crippen LogP contribution in [0.4, 0.5) is 0 Å². The Bertz CT molecular complexity index is 1080. The summed E-state index contributed by atoms with van der Waals surface area (Å²) in [7, 11) is 0. The zero-order valence-electron chi connectivity index (χ0n) is 17.9. The van der Waals surface area contributed by atoms with Crippen LogP contribution in [0.25, 0.3) is 11.3 Å². The van der Waals surface area contributed by atoms with Crippen LogP contribution < -0.4 is 5.32 Å². The molecule has 6 nitrogen and oxygen atoms in total. The topological polar surface area (TPSA) is 77.8 Å². The Morgan fingerprint density at radius 1 is 1.03 bits per heavy atom. The van der Waals surface area contributed by atoms with Crippen molar-refractivity contribution in [3.05, 3.63) is 95.0 Å². The number of benzene rings is 1. The molecule has 2 aromatic rings. The van der Waals surface area contributed by atoms with Crippen molar-refractivity contribution in [2.24, 2.45) is 0 Å². The Hall–Kier alpha value is -3.51. The number of allylic oxidation sites excluding steroid dienone is 2. The van der Waals surface area contributed by atoms with E-state index in [-0.39, 0.29) is 24.4 Å². The molecule has 0 unspecified atom stereocenters. The fourth-order valence-electron chi connectivity index (χ4n) is 3.55. The molecule has 166 valence electrons. The van der Waals surface area contributed by atoms with Gasteiger partial charge in [0.05, 0.1) is 17.1 Å². The molecular formula is C25H24ClNO5. The first-order valence-corrected chi connectivity index (χ1v) is 10.4. The summed E-state index contributed by atoms with van der Waals surface area (Å²) in [4.78, 5) is 25.9. The SMILES string of the molecule is C=CCOC(=O)C1=C(C)NC(C)=C(C(=O)OCC=C)C1c1ccc(-c2cccc(Cl)c2)o1. The number of furan rings is 1. The minimum Gasteiger partial charge on any atom is -0.460 e. The molecule has 0 amide bonds. The summed E-state index contributed by atoms with van der Waals surface area (Å²) < 4.78 is 16.7. The highest BCUT2D eigenvalue weighted by atomic mass is 35.5. The van der Waals surface area contributed by atoms with E-state index in [1.807, 2.05) is 12.1 Å². The standard InChI is InChI=1S/C25H24ClNO5/c1-5-12-30-24(28)21-15(3)27-16(4)22(25(29)31-13-6-2)23(21)20-11-10-19(32-20)17-8-7-9-18(26)14-17/h5-11,14,23,27H,1-2,12-13H2,3-4H3. The van der Waals surface area contributed by atoms with Gasteiger partial charge in [-0.15, -0.1) is 0 Å². The van der Waals surface area contributed by atoms with E-state index in [0.29, 0.717) is 27.9 Å². The van der Waals surface area contributed by atoms with Gasteiger partial charge in [-0.2, -0.15) is 0 Å². The smallest absolute Gasteiger partial charge is 0.337 e. The van der Waals surface area contributed by atoms with E-state index >= 15 is 0 Å². The van der Waals surface area contributed by atoms with Gasteiger partial charge in [-0.05, 0) is 38.1 Å². The fraction of sp³-hybridized carbons (Fsp3) is 0.200. The third-order valence-electron chi connectivity index (χ3n) is 4.89. The number of ether oxygens (including phenoxy) is 2. The van der Waals surface area contributed by atoms with Gasteiger partial charge in [0.25, 0.3) is 0 Å². The molecule has 0 radical (unpaired) electrons. The zero-order chi connectivity index (χ0) is 23.3. The average molecular weight is 454 g/mol. The largest absolute Gasteiger partial charge is 0.460 e. The minimum atomic E-state index is -0.821. The number of esters is 2. The van der Waals surface area contributed by atoms with Crippen molar-refractivity contribution in [2.45, 2.75) is 19.8 Å². The lowest BCUT2D eigenvalue weighted by atomic mass is 9.83. The molecule has 2 heterocycles.